The van der Waals surface area contributed by atoms with E-state index in [1.807, 2.05) is 6.07 Å². The van der Waals surface area contributed by atoms with Crippen LogP contribution in [0.25, 0.3) is 10.9 Å². The maximum absolute atomic E-state index is 14.2. The Labute approximate surface area is 163 Å². The van der Waals surface area contributed by atoms with Gasteiger partial charge in [-0.1, -0.05) is 0 Å². The van der Waals surface area contributed by atoms with Gasteiger partial charge in [-0.3, -0.25) is 4.99 Å². The highest BCUT2D eigenvalue weighted by molar-refractivity contribution is 8.14. The quantitative estimate of drug-likeness (QED) is 0.790. The van der Waals surface area contributed by atoms with E-state index in [1.165, 1.54) is 0 Å². The third-order valence-electron chi connectivity index (χ3n) is 5.13. The number of ether oxygens (including phenoxy) is 1. The zero-order valence-electron chi connectivity index (χ0n) is 15.9. The third-order valence-corrected chi connectivity index (χ3v) is 6.28. The van der Waals surface area contributed by atoms with Gasteiger partial charge in [0, 0.05) is 30.4 Å². The molecule has 7 heteroatoms. The lowest BCUT2D eigenvalue weighted by Crippen LogP contribution is -2.27. The summed E-state index contributed by atoms with van der Waals surface area (Å²) >= 11 is 1.79. The summed E-state index contributed by atoms with van der Waals surface area (Å²) in [5.74, 6) is 0.799. The lowest BCUT2D eigenvalue weighted by atomic mass is 10.1. The molecule has 0 unspecified atom stereocenters. The summed E-state index contributed by atoms with van der Waals surface area (Å²) in [7, 11) is 4.18. The van der Waals surface area contributed by atoms with E-state index in [1.54, 1.807) is 23.9 Å². The summed E-state index contributed by atoms with van der Waals surface area (Å²) in [6.07, 6.45) is 2.96. The number of rotatable bonds is 6. The van der Waals surface area contributed by atoms with Crippen LogP contribution in [0.5, 0.6) is 0 Å². The molecule has 4 rings (SSSR count). The topological polar surface area (TPSA) is 52.6 Å². The number of thioether (sulfide) groups is 1. The second-order valence-corrected chi connectivity index (χ2v) is 8.63. The Morgan fingerprint density at radius 1 is 1.30 bits per heavy atom. The minimum Gasteiger partial charge on any atom is -0.381 e. The van der Waals surface area contributed by atoms with Crippen LogP contribution >= 0.6 is 11.8 Å². The van der Waals surface area contributed by atoms with Crippen molar-refractivity contribution in [2.24, 2.45) is 4.99 Å². The Balaban J connectivity index is 1.56. The van der Waals surface area contributed by atoms with E-state index < -0.39 is 0 Å². The van der Waals surface area contributed by atoms with Gasteiger partial charge in [-0.25, -0.2) is 4.39 Å². The van der Waals surface area contributed by atoms with Gasteiger partial charge in [0.25, 0.3) is 0 Å². The molecule has 1 aromatic carbocycles. The molecule has 2 aliphatic heterocycles. The number of anilines is 1. The fourth-order valence-electron chi connectivity index (χ4n) is 3.62. The summed E-state index contributed by atoms with van der Waals surface area (Å²) in [4.78, 5) is 10.6. The van der Waals surface area contributed by atoms with Crippen molar-refractivity contribution >= 4 is 33.4 Å². The van der Waals surface area contributed by atoms with E-state index in [9.17, 15) is 4.39 Å². The van der Waals surface area contributed by atoms with Crippen LogP contribution in [0, 0.1) is 5.82 Å². The van der Waals surface area contributed by atoms with Crippen LogP contribution in [0.3, 0.4) is 0 Å². The van der Waals surface area contributed by atoms with Crippen LogP contribution in [-0.4, -0.2) is 66.6 Å². The Morgan fingerprint density at radius 3 is 2.89 bits per heavy atom. The van der Waals surface area contributed by atoms with Crippen molar-refractivity contribution in [1.29, 1.82) is 0 Å². The molecule has 0 saturated carbocycles. The zero-order valence-corrected chi connectivity index (χ0v) is 16.7. The van der Waals surface area contributed by atoms with Gasteiger partial charge in [-0.2, -0.15) is 0 Å². The maximum atomic E-state index is 14.2. The van der Waals surface area contributed by atoms with E-state index in [0.29, 0.717) is 12.1 Å². The first-order valence-corrected chi connectivity index (χ1v) is 10.6. The molecule has 2 aliphatic rings. The van der Waals surface area contributed by atoms with Crippen LogP contribution in [0.15, 0.2) is 23.2 Å². The lowest BCUT2D eigenvalue weighted by Gasteiger charge is -2.24. The Morgan fingerprint density at radius 2 is 2.11 bits per heavy atom. The molecule has 5 nitrogen and oxygen atoms in total. The molecule has 0 bridgehead atoms. The largest absolute Gasteiger partial charge is 0.381 e. The summed E-state index contributed by atoms with van der Waals surface area (Å²) in [5.41, 5.74) is 2.77. The average molecular weight is 391 g/mol. The van der Waals surface area contributed by atoms with Crippen molar-refractivity contribution < 1.29 is 9.13 Å². The van der Waals surface area contributed by atoms with Crippen molar-refractivity contribution in [2.45, 2.75) is 31.3 Å². The van der Waals surface area contributed by atoms with Crippen LogP contribution in [0.1, 0.15) is 25.0 Å². The molecule has 146 valence electrons. The number of aromatic amines is 1. The van der Waals surface area contributed by atoms with Gasteiger partial charge in [-0.15, -0.1) is 11.8 Å². The van der Waals surface area contributed by atoms with Crippen LogP contribution in [0.2, 0.25) is 0 Å². The molecule has 0 spiro atoms. The zero-order chi connectivity index (χ0) is 18.8. The van der Waals surface area contributed by atoms with Gasteiger partial charge in [0.05, 0.1) is 22.9 Å². The van der Waals surface area contributed by atoms with Crippen LogP contribution < -0.4 is 5.32 Å². The lowest BCUT2D eigenvalue weighted by molar-refractivity contribution is 0.0905. The number of H-pyrrole nitrogens is 1. The minimum atomic E-state index is -0.215. The maximum Gasteiger partial charge on any atom is 0.126 e. The molecule has 0 radical (unpaired) electrons. The van der Waals surface area contributed by atoms with Crippen LogP contribution in [0.4, 0.5) is 10.1 Å². The van der Waals surface area contributed by atoms with Crippen LogP contribution in [-0.2, 0) is 4.74 Å². The normalized spacial score (nSPS) is 21.2. The number of nitrogens with zero attached hydrogens (tertiary/aromatic N) is 2. The number of aliphatic imine (C=N–C) groups is 1. The molecule has 3 heterocycles. The molecule has 0 amide bonds. The molecule has 1 fully saturated rings. The predicted molar refractivity (Wildman–Crippen MR) is 112 cm³/mol. The molecule has 1 atom stereocenters. The smallest absolute Gasteiger partial charge is 0.126 e. The van der Waals surface area contributed by atoms with Crippen molar-refractivity contribution in [2.75, 3.05) is 44.9 Å². The first-order chi connectivity index (χ1) is 13.1. The molecular weight excluding hydrogens is 363 g/mol. The van der Waals surface area contributed by atoms with Crippen molar-refractivity contribution in [3.05, 3.63) is 29.7 Å². The number of fused-ring (bicyclic) bond motifs is 1. The van der Waals surface area contributed by atoms with E-state index in [0.717, 1.165) is 72.1 Å². The molecule has 2 N–H and O–H groups in total. The second kappa shape index (κ2) is 8.20. The standard InChI is InChI=1S/C20H27FN4OS/c1-25(2)6-3-16-12-27-20(23-16)18-10-13-9-14(21)11-17(19(13)24-18)22-15-4-7-26-8-5-15/h9-11,15-16,22,24H,3-8,12H2,1-2H3/t16-/m1/s1. The van der Waals surface area contributed by atoms with Crippen molar-refractivity contribution in [1.82, 2.24) is 9.88 Å². The summed E-state index contributed by atoms with van der Waals surface area (Å²) < 4.78 is 19.6. The van der Waals surface area contributed by atoms with Gasteiger partial charge < -0.3 is 19.9 Å². The molecular formula is C20H27FN4OS. The number of aromatic nitrogens is 1. The van der Waals surface area contributed by atoms with Crippen molar-refractivity contribution in [3.8, 4) is 0 Å². The van der Waals surface area contributed by atoms with Gasteiger partial charge in [0.2, 0.25) is 0 Å². The number of benzene rings is 1. The van der Waals surface area contributed by atoms with Gasteiger partial charge in [-0.05, 0) is 58.1 Å². The Hall–Kier alpha value is -1.57. The highest BCUT2D eigenvalue weighted by Crippen LogP contribution is 2.31. The van der Waals surface area contributed by atoms with Gasteiger partial charge in [0.15, 0.2) is 0 Å². The molecule has 2 aromatic rings. The van der Waals surface area contributed by atoms with E-state index in [-0.39, 0.29) is 5.82 Å². The van der Waals surface area contributed by atoms with E-state index >= 15 is 0 Å². The Bertz CT molecular complexity index is 829. The summed E-state index contributed by atoms with van der Waals surface area (Å²) in [5, 5.41) is 5.43. The second-order valence-electron chi connectivity index (χ2n) is 7.62. The highest BCUT2D eigenvalue weighted by atomic mass is 32.2. The molecule has 1 saturated heterocycles. The van der Waals surface area contributed by atoms with E-state index in [4.69, 9.17) is 9.73 Å². The SMILES string of the molecule is CN(C)CC[C@@H]1CSC(c2cc3cc(F)cc(NC4CCOCC4)c3[nH]2)=N1. The Kier molecular flexibility index (Phi) is 5.71. The summed E-state index contributed by atoms with van der Waals surface area (Å²) in [6, 6.07) is 5.88. The predicted octanol–water partition coefficient (Wildman–Crippen LogP) is 3.71. The van der Waals surface area contributed by atoms with Gasteiger partial charge >= 0.3 is 0 Å². The summed E-state index contributed by atoms with van der Waals surface area (Å²) in [6.45, 7) is 2.56. The van der Waals surface area contributed by atoms with Crippen molar-refractivity contribution in [3.63, 3.8) is 0 Å². The fraction of sp³-hybridized carbons (Fsp3) is 0.550. The van der Waals surface area contributed by atoms with E-state index in [2.05, 4.69) is 29.3 Å². The first-order valence-electron chi connectivity index (χ1n) is 9.61. The molecule has 1 aromatic heterocycles. The number of halogens is 1. The minimum absolute atomic E-state index is 0.215. The number of nitrogens with one attached hydrogen (secondary N) is 2. The monoisotopic (exact) mass is 390 g/mol. The highest BCUT2D eigenvalue weighted by Gasteiger charge is 2.22. The molecule has 27 heavy (non-hydrogen) atoms. The third kappa shape index (κ3) is 4.47. The van der Waals surface area contributed by atoms with Gasteiger partial charge in [0.1, 0.15) is 10.9 Å². The number of hydrogen-bond donors (Lipinski definition) is 2. The average Bonchev–Trinajstić information content (AvgIpc) is 3.27. The first kappa shape index (κ1) is 18.8. The fourth-order valence-corrected chi connectivity index (χ4v) is 4.70. The number of hydrogen-bond acceptors (Lipinski definition) is 5. The molecule has 0 aliphatic carbocycles.